The van der Waals surface area contributed by atoms with Crippen LogP contribution in [-0.4, -0.2) is 40.5 Å². The van der Waals surface area contributed by atoms with Crippen molar-refractivity contribution in [1.82, 2.24) is 14.8 Å². The Bertz CT molecular complexity index is 1200. The smallest absolute Gasteiger partial charge is 0.255 e. The zero-order chi connectivity index (χ0) is 24.2. The van der Waals surface area contributed by atoms with E-state index < -0.39 is 0 Å². The quantitative estimate of drug-likeness (QED) is 0.332. The number of hydrogen-bond donors (Lipinski definition) is 2. The van der Waals surface area contributed by atoms with Crippen molar-refractivity contribution in [2.75, 3.05) is 35.4 Å². The summed E-state index contributed by atoms with van der Waals surface area (Å²) in [6, 6.07) is 15.7. The summed E-state index contributed by atoms with van der Waals surface area (Å²) in [5, 5.41) is 11.9. The van der Waals surface area contributed by atoms with E-state index in [1.54, 1.807) is 11.8 Å². The monoisotopic (exact) mass is 476 g/mol. The third kappa shape index (κ3) is 5.12. The van der Waals surface area contributed by atoms with E-state index in [2.05, 4.69) is 46.7 Å². The number of hydrogen-bond acceptors (Lipinski definition) is 6. The van der Waals surface area contributed by atoms with Crippen LogP contribution in [-0.2, 0) is 4.79 Å². The van der Waals surface area contributed by atoms with Gasteiger partial charge in [0.05, 0.1) is 5.57 Å². The third-order valence-electron chi connectivity index (χ3n) is 5.81. The first-order valence-electron chi connectivity index (χ1n) is 11.6. The maximum Gasteiger partial charge on any atom is 0.255 e. The second-order valence-corrected chi connectivity index (χ2v) is 9.80. The van der Waals surface area contributed by atoms with Crippen LogP contribution in [0, 0.1) is 6.92 Å². The molecule has 0 aliphatic carbocycles. The first-order valence-corrected chi connectivity index (χ1v) is 12.6. The van der Waals surface area contributed by atoms with Crippen LogP contribution in [0.4, 0.5) is 17.3 Å². The minimum absolute atomic E-state index is 0.154. The maximum absolute atomic E-state index is 13.6. The van der Waals surface area contributed by atoms with Crippen molar-refractivity contribution in [3.05, 3.63) is 70.9 Å². The van der Waals surface area contributed by atoms with Gasteiger partial charge in [0.15, 0.2) is 0 Å². The van der Waals surface area contributed by atoms with Crippen LogP contribution >= 0.6 is 11.8 Å². The zero-order valence-electron chi connectivity index (χ0n) is 20.4. The predicted octanol–water partition coefficient (Wildman–Crippen LogP) is 5.47. The average molecular weight is 477 g/mol. The fourth-order valence-corrected chi connectivity index (χ4v) is 4.89. The number of unbranched alkanes of at least 4 members (excludes halogenated alkanes) is 1. The number of fused-ring (bicyclic) bond motifs is 1. The lowest BCUT2D eigenvalue weighted by Crippen LogP contribution is -2.31. The second-order valence-electron chi connectivity index (χ2n) is 8.74. The van der Waals surface area contributed by atoms with Crippen LogP contribution in [0.2, 0.25) is 0 Å². The molecule has 1 amide bonds. The van der Waals surface area contributed by atoms with Gasteiger partial charge in [0, 0.05) is 36.9 Å². The molecule has 34 heavy (non-hydrogen) atoms. The van der Waals surface area contributed by atoms with Crippen molar-refractivity contribution in [1.29, 1.82) is 0 Å². The largest absolute Gasteiger partial charge is 0.378 e. The van der Waals surface area contributed by atoms with Crippen molar-refractivity contribution >= 4 is 35.0 Å². The highest BCUT2D eigenvalue weighted by atomic mass is 32.2. The number of aryl methyl sites for hydroxylation is 1. The van der Waals surface area contributed by atoms with Gasteiger partial charge >= 0.3 is 0 Å². The molecule has 2 heterocycles. The molecule has 7 nitrogen and oxygen atoms in total. The summed E-state index contributed by atoms with van der Waals surface area (Å²) in [6.07, 6.45) is 2.24. The highest BCUT2D eigenvalue weighted by Gasteiger charge is 2.34. The number of benzene rings is 2. The van der Waals surface area contributed by atoms with Crippen molar-refractivity contribution in [2.24, 2.45) is 0 Å². The Labute approximate surface area is 205 Å². The summed E-state index contributed by atoms with van der Waals surface area (Å²) < 4.78 is 1.84. The van der Waals surface area contributed by atoms with Crippen molar-refractivity contribution < 1.29 is 4.79 Å². The molecule has 2 N–H and O–H groups in total. The maximum atomic E-state index is 13.6. The number of thioether (sulfide) groups is 1. The van der Waals surface area contributed by atoms with E-state index in [-0.39, 0.29) is 11.9 Å². The molecule has 0 saturated carbocycles. The van der Waals surface area contributed by atoms with Crippen LogP contribution in [0.3, 0.4) is 0 Å². The van der Waals surface area contributed by atoms with Gasteiger partial charge in [-0.15, -0.1) is 5.10 Å². The highest BCUT2D eigenvalue weighted by Crippen LogP contribution is 2.37. The zero-order valence-corrected chi connectivity index (χ0v) is 21.2. The number of amides is 1. The molecular weight excluding hydrogens is 444 g/mol. The van der Waals surface area contributed by atoms with E-state index in [9.17, 15) is 4.79 Å². The number of nitrogens with zero attached hydrogens (tertiary/aromatic N) is 4. The van der Waals surface area contributed by atoms with Gasteiger partial charge in [-0.05, 0) is 55.7 Å². The van der Waals surface area contributed by atoms with E-state index in [0.717, 1.165) is 51.9 Å². The molecule has 1 aliphatic rings. The molecule has 3 aromatic rings. The standard InChI is InChI=1S/C26H32N6OS/c1-6-7-15-34-26-29-25-27-18(3)22(24(33)28-20-10-8-9-17(2)16-20)23(32(25)30-26)19-11-13-21(14-12-19)31(4)5/h8-14,16,23H,6-7,15H2,1-5H3,(H,28,33)(H,27,29,30). The summed E-state index contributed by atoms with van der Waals surface area (Å²) in [7, 11) is 4.03. The average Bonchev–Trinajstić information content (AvgIpc) is 3.20. The fraction of sp³-hybridized carbons (Fsp3) is 0.346. The van der Waals surface area contributed by atoms with Gasteiger partial charge in [-0.2, -0.15) is 4.98 Å². The number of carbonyl (C=O) groups excluding carboxylic acids is 1. The van der Waals surface area contributed by atoms with E-state index in [4.69, 9.17) is 10.1 Å². The minimum Gasteiger partial charge on any atom is -0.378 e. The molecule has 0 saturated heterocycles. The van der Waals surface area contributed by atoms with E-state index >= 15 is 0 Å². The van der Waals surface area contributed by atoms with Crippen LogP contribution in [0.15, 0.2) is 65.0 Å². The summed E-state index contributed by atoms with van der Waals surface area (Å²) in [6.45, 7) is 6.11. The van der Waals surface area contributed by atoms with Gasteiger partial charge in [0.2, 0.25) is 11.1 Å². The van der Waals surface area contributed by atoms with Crippen molar-refractivity contribution in [3.63, 3.8) is 0 Å². The molecule has 1 atom stereocenters. The van der Waals surface area contributed by atoms with E-state index in [0.29, 0.717) is 11.5 Å². The Balaban J connectivity index is 1.73. The molecule has 0 radical (unpaired) electrons. The lowest BCUT2D eigenvalue weighted by Gasteiger charge is -2.29. The normalized spacial score (nSPS) is 15.0. The number of allylic oxidation sites excluding steroid dienone is 1. The molecule has 0 bridgehead atoms. The Morgan fingerprint density at radius 3 is 2.62 bits per heavy atom. The van der Waals surface area contributed by atoms with Gasteiger partial charge < -0.3 is 15.5 Å². The van der Waals surface area contributed by atoms with Gasteiger partial charge in [-0.3, -0.25) is 4.79 Å². The summed E-state index contributed by atoms with van der Waals surface area (Å²) in [4.78, 5) is 20.4. The molecule has 0 fully saturated rings. The molecule has 8 heteroatoms. The minimum atomic E-state index is -0.384. The summed E-state index contributed by atoms with van der Waals surface area (Å²) >= 11 is 1.65. The topological polar surface area (TPSA) is 75.1 Å². The molecule has 2 aromatic carbocycles. The highest BCUT2D eigenvalue weighted by molar-refractivity contribution is 7.99. The Kier molecular flexibility index (Phi) is 7.26. The Hall–Kier alpha value is -3.26. The molecule has 178 valence electrons. The molecule has 0 spiro atoms. The summed E-state index contributed by atoms with van der Waals surface area (Å²) in [5.74, 6) is 1.47. The van der Waals surface area contributed by atoms with Gasteiger partial charge in [0.25, 0.3) is 5.91 Å². The molecule has 1 aromatic heterocycles. The molecule has 1 unspecified atom stereocenters. The van der Waals surface area contributed by atoms with Crippen LogP contribution < -0.4 is 15.5 Å². The molecule has 4 rings (SSSR count). The SMILES string of the molecule is CCCCSc1nc2n(n1)C(c1ccc(N(C)C)cc1)C(C(=O)Nc1cccc(C)c1)=C(C)N2. The van der Waals surface area contributed by atoms with Crippen molar-refractivity contribution in [3.8, 4) is 0 Å². The van der Waals surface area contributed by atoms with E-state index in [1.807, 2.05) is 56.9 Å². The summed E-state index contributed by atoms with van der Waals surface area (Å²) in [5.41, 5.74) is 5.34. The number of nitrogens with one attached hydrogen (secondary N) is 2. The molecular formula is C26H32N6OS. The van der Waals surface area contributed by atoms with Crippen LogP contribution in [0.1, 0.15) is 43.9 Å². The predicted molar refractivity (Wildman–Crippen MR) is 141 cm³/mol. The lowest BCUT2D eigenvalue weighted by atomic mass is 9.94. The Morgan fingerprint density at radius 2 is 1.94 bits per heavy atom. The van der Waals surface area contributed by atoms with Crippen LogP contribution in [0.25, 0.3) is 0 Å². The van der Waals surface area contributed by atoms with Gasteiger partial charge in [-0.25, -0.2) is 4.68 Å². The Morgan fingerprint density at radius 1 is 1.18 bits per heavy atom. The number of carbonyl (C=O) groups is 1. The first kappa shape index (κ1) is 23.9. The van der Waals surface area contributed by atoms with Gasteiger partial charge in [0.1, 0.15) is 6.04 Å². The van der Waals surface area contributed by atoms with Crippen LogP contribution in [0.5, 0.6) is 0 Å². The number of rotatable bonds is 8. The fourth-order valence-electron chi connectivity index (χ4n) is 3.98. The molecule has 1 aliphatic heterocycles. The second kappa shape index (κ2) is 10.3. The van der Waals surface area contributed by atoms with Crippen molar-refractivity contribution in [2.45, 2.75) is 44.8 Å². The number of aromatic nitrogens is 3. The van der Waals surface area contributed by atoms with Gasteiger partial charge in [-0.1, -0.05) is 49.4 Å². The number of anilines is 3. The first-order chi connectivity index (χ1) is 16.4. The lowest BCUT2D eigenvalue weighted by molar-refractivity contribution is -0.113. The third-order valence-corrected chi connectivity index (χ3v) is 6.73. The van der Waals surface area contributed by atoms with E-state index in [1.165, 1.54) is 0 Å².